The van der Waals surface area contributed by atoms with E-state index in [1.54, 1.807) is 24.3 Å². The molecule has 0 atom stereocenters. The Hall–Kier alpha value is -1.15. The number of aromatic nitrogens is 1. The van der Waals surface area contributed by atoms with E-state index >= 15 is 0 Å². The predicted molar refractivity (Wildman–Crippen MR) is 104 cm³/mol. The number of fused-ring (bicyclic) bond motifs is 1. The first-order valence-electron chi connectivity index (χ1n) is 8.51. The van der Waals surface area contributed by atoms with Crippen LogP contribution in [-0.4, -0.2) is 60.8 Å². The average Bonchev–Trinajstić information content (AvgIpc) is 3.19. The molecule has 3 heterocycles. The van der Waals surface area contributed by atoms with Crippen molar-refractivity contribution in [3.63, 3.8) is 0 Å². The van der Waals surface area contributed by atoms with Gasteiger partial charge >= 0.3 is 29.6 Å². The van der Waals surface area contributed by atoms with E-state index in [4.69, 9.17) is 25.8 Å². The zero-order valence-electron chi connectivity index (χ0n) is 14.4. The van der Waals surface area contributed by atoms with Crippen molar-refractivity contribution in [2.24, 2.45) is 0 Å². The number of hydrogen-bond donors (Lipinski definition) is 0. The molecule has 0 N–H and O–H groups in total. The molecule has 2 aliphatic heterocycles. The van der Waals surface area contributed by atoms with Gasteiger partial charge in [-0.25, -0.2) is 4.98 Å². The minimum absolute atomic E-state index is 0. The molecule has 0 bridgehead atoms. The molecule has 1 amide bonds. The van der Waals surface area contributed by atoms with Gasteiger partial charge in [-0.2, -0.15) is 0 Å². The molecule has 0 spiro atoms. The summed E-state index contributed by atoms with van der Waals surface area (Å²) in [5, 5.41) is 0.425. The van der Waals surface area contributed by atoms with Crippen molar-refractivity contribution in [2.45, 2.75) is 25.7 Å². The van der Waals surface area contributed by atoms with Gasteiger partial charge in [0.05, 0.1) is 32.6 Å². The molecule has 1 fully saturated rings. The Labute approximate surface area is 185 Å². The van der Waals surface area contributed by atoms with E-state index in [1.165, 1.54) is 0 Å². The number of carbonyl (C=O) groups excluding carboxylic acids is 1. The van der Waals surface area contributed by atoms with Crippen LogP contribution in [0.3, 0.4) is 0 Å². The molecule has 8 heteroatoms. The Kier molecular flexibility index (Phi) is 6.78. The topological polar surface area (TPSA) is 60.9 Å². The number of carbonyl (C=O) groups is 1. The molecule has 138 valence electrons. The van der Waals surface area contributed by atoms with E-state index in [9.17, 15) is 4.79 Å². The van der Waals surface area contributed by atoms with Crippen molar-refractivity contribution < 1.29 is 19.0 Å². The molecule has 0 unspecified atom stereocenters. The first-order chi connectivity index (χ1) is 12.7. The molecule has 2 aromatic rings. The molecule has 0 aliphatic carbocycles. The Morgan fingerprint density at radius 3 is 2.67 bits per heavy atom. The van der Waals surface area contributed by atoms with Gasteiger partial charge in [0.1, 0.15) is 10.9 Å². The standard InChI is InChI=1S/C19H19ClN2O4.Na.H/c1-24-15-5-3-14(19-25-8-9-26-19)13-4-7-17(23)22(18(13)15)11-12-2-6-16(20)21-10-12;;/h2-3,5-6,10,19H,4,7-9,11H2,1H3;;. The van der Waals surface area contributed by atoms with Crippen LogP contribution in [0.2, 0.25) is 5.15 Å². The van der Waals surface area contributed by atoms with Gasteiger partial charge in [0, 0.05) is 18.2 Å². The van der Waals surface area contributed by atoms with E-state index in [1.807, 2.05) is 18.2 Å². The number of rotatable bonds is 4. The molecule has 1 aromatic heterocycles. The maximum atomic E-state index is 12.7. The second kappa shape index (κ2) is 8.90. The number of methoxy groups -OCH3 is 1. The van der Waals surface area contributed by atoms with Gasteiger partial charge in [-0.3, -0.25) is 4.79 Å². The van der Waals surface area contributed by atoms with Crippen molar-refractivity contribution in [1.29, 1.82) is 0 Å². The van der Waals surface area contributed by atoms with Gasteiger partial charge < -0.3 is 19.1 Å². The van der Waals surface area contributed by atoms with E-state index in [-0.39, 0.29) is 41.8 Å². The summed E-state index contributed by atoms with van der Waals surface area (Å²) in [5.41, 5.74) is 3.69. The molecule has 0 saturated carbocycles. The number of benzene rings is 1. The van der Waals surface area contributed by atoms with Crippen molar-refractivity contribution in [1.82, 2.24) is 4.98 Å². The third-order valence-electron chi connectivity index (χ3n) is 4.67. The van der Waals surface area contributed by atoms with Crippen LogP contribution in [0.15, 0.2) is 30.5 Å². The molecule has 1 aromatic carbocycles. The number of hydrogen-bond acceptors (Lipinski definition) is 5. The molecule has 4 rings (SSSR count). The summed E-state index contributed by atoms with van der Waals surface area (Å²) in [5.74, 6) is 0.716. The van der Waals surface area contributed by atoms with Crippen LogP contribution in [0.25, 0.3) is 0 Å². The molecule has 1 saturated heterocycles. The number of pyridine rings is 1. The Morgan fingerprint density at radius 1 is 1.22 bits per heavy atom. The average molecular weight is 399 g/mol. The monoisotopic (exact) mass is 398 g/mol. The second-order valence-corrected chi connectivity index (χ2v) is 6.61. The van der Waals surface area contributed by atoms with Gasteiger partial charge in [0.15, 0.2) is 6.29 Å². The van der Waals surface area contributed by atoms with Crippen LogP contribution in [-0.2, 0) is 27.2 Å². The quantitative estimate of drug-likeness (QED) is 0.585. The number of anilines is 1. The van der Waals surface area contributed by atoms with Crippen LogP contribution < -0.4 is 9.64 Å². The van der Waals surface area contributed by atoms with E-state index < -0.39 is 0 Å². The summed E-state index contributed by atoms with van der Waals surface area (Å²) < 4.78 is 16.9. The van der Waals surface area contributed by atoms with Crippen molar-refractivity contribution in [3.8, 4) is 5.75 Å². The van der Waals surface area contributed by atoms with Gasteiger partial charge in [-0.1, -0.05) is 17.7 Å². The zero-order valence-corrected chi connectivity index (χ0v) is 15.2. The third kappa shape index (κ3) is 4.16. The molecule has 0 radical (unpaired) electrons. The fraction of sp³-hybridized carbons (Fsp3) is 0.368. The number of ether oxygens (including phenoxy) is 3. The second-order valence-electron chi connectivity index (χ2n) is 6.23. The SMILES string of the molecule is COc1ccc(C2OCCO2)c2c1N(Cc1ccc(Cl)nc1)C(=O)CC2.[NaH]. The fourth-order valence-corrected chi connectivity index (χ4v) is 3.57. The summed E-state index contributed by atoms with van der Waals surface area (Å²) in [6, 6.07) is 7.42. The molecule has 6 nitrogen and oxygen atoms in total. The zero-order chi connectivity index (χ0) is 18.1. The molecular weight excluding hydrogens is 379 g/mol. The van der Waals surface area contributed by atoms with E-state index in [0.717, 1.165) is 22.4 Å². The van der Waals surface area contributed by atoms with Crippen LogP contribution in [0, 0.1) is 0 Å². The summed E-state index contributed by atoms with van der Waals surface area (Å²) in [4.78, 5) is 18.5. The molecule has 27 heavy (non-hydrogen) atoms. The fourth-order valence-electron chi connectivity index (χ4n) is 3.45. The van der Waals surface area contributed by atoms with Gasteiger partial charge in [-0.05, 0) is 35.7 Å². The normalized spacial score (nSPS) is 16.8. The van der Waals surface area contributed by atoms with E-state index in [0.29, 0.717) is 43.5 Å². The van der Waals surface area contributed by atoms with E-state index in [2.05, 4.69) is 4.98 Å². The maximum absolute atomic E-state index is 12.7. The summed E-state index contributed by atoms with van der Waals surface area (Å²) in [6.07, 6.45) is 2.37. The number of amides is 1. The van der Waals surface area contributed by atoms with Crippen molar-refractivity contribution in [3.05, 3.63) is 52.3 Å². The van der Waals surface area contributed by atoms with Crippen LogP contribution in [0.5, 0.6) is 5.75 Å². The first-order valence-corrected chi connectivity index (χ1v) is 8.89. The van der Waals surface area contributed by atoms with Gasteiger partial charge in [-0.15, -0.1) is 0 Å². The first kappa shape index (κ1) is 20.6. The van der Waals surface area contributed by atoms with Crippen molar-refractivity contribution >= 4 is 52.8 Å². The van der Waals surface area contributed by atoms with Gasteiger partial charge in [0.2, 0.25) is 5.91 Å². The summed E-state index contributed by atoms with van der Waals surface area (Å²) in [7, 11) is 1.61. The Morgan fingerprint density at radius 2 is 2.00 bits per heavy atom. The number of halogens is 1. The third-order valence-corrected chi connectivity index (χ3v) is 4.89. The van der Waals surface area contributed by atoms with Crippen LogP contribution >= 0.6 is 11.6 Å². The minimum atomic E-state index is -0.387. The molecule has 2 aliphatic rings. The van der Waals surface area contributed by atoms with Crippen molar-refractivity contribution in [2.75, 3.05) is 25.2 Å². The Bertz CT molecular complexity index is 825. The van der Waals surface area contributed by atoms with Crippen LogP contribution in [0.1, 0.15) is 29.4 Å². The van der Waals surface area contributed by atoms with Crippen LogP contribution in [0.4, 0.5) is 5.69 Å². The summed E-state index contributed by atoms with van der Waals surface area (Å²) >= 11 is 5.87. The summed E-state index contributed by atoms with van der Waals surface area (Å²) in [6.45, 7) is 1.55. The molecular formula is C19H20ClN2NaO4. The Balaban J connectivity index is 0.00000210. The predicted octanol–water partition coefficient (Wildman–Crippen LogP) is 2.62. The number of nitrogens with zero attached hydrogens (tertiary/aromatic N) is 2. The van der Waals surface area contributed by atoms with Gasteiger partial charge in [0.25, 0.3) is 0 Å².